The van der Waals surface area contributed by atoms with Gasteiger partial charge in [0, 0.05) is 19.6 Å². The maximum Gasteiger partial charge on any atom is 0.217 e. The van der Waals surface area contributed by atoms with Gasteiger partial charge in [-0.1, -0.05) is 30.3 Å². The molecular weight excluding hydrogens is 248 g/mol. The van der Waals surface area contributed by atoms with Crippen LogP contribution in [0.4, 0.5) is 0 Å². The third-order valence-corrected chi connectivity index (χ3v) is 6.06. The van der Waals surface area contributed by atoms with Crippen LogP contribution in [0.3, 0.4) is 0 Å². The predicted octanol–water partition coefficient (Wildman–Crippen LogP) is 1.13. The molecule has 18 heavy (non-hydrogen) atoms. The van der Waals surface area contributed by atoms with Gasteiger partial charge in [-0.25, -0.2) is 8.42 Å². The summed E-state index contributed by atoms with van der Waals surface area (Å²) in [7, 11) is -3.09. The third-order valence-electron chi connectivity index (χ3n) is 3.65. The molecule has 2 fully saturated rings. The summed E-state index contributed by atoms with van der Waals surface area (Å²) in [5.74, 6) is 0. The second-order valence-corrected chi connectivity index (χ2v) is 7.15. The van der Waals surface area contributed by atoms with E-state index in [1.165, 1.54) is 0 Å². The molecule has 0 amide bonds. The number of hydrogen-bond donors (Lipinski definition) is 1. The van der Waals surface area contributed by atoms with Crippen molar-refractivity contribution in [1.29, 1.82) is 0 Å². The number of rotatable bonds is 3. The molecule has 1 aromatic carbocycles. The second-order valence-electron chi connectivity index (χ2n) is 4.99. The fourth-order valence-electron chi connectivity index (χ4n) is 2.51. The fourth-order valence-corrected chi connectivity index (χ4v) is 4.52. The smallest absolute Gasteiger partial charge is 0.217 e. The molecule has 1 atom stereocenters. The van der Waals surface area contributed by atoms with E-state index in [0.29, 0.717) is 13.1 Å². The van der Waals surface area contributed by atoms with Crippen molar-refractivity contribution in [3.8, 4) is 0 Å². The highest BCUT2D eigenvalue weighted by Crippen LogP contribution is 2.35. The predicted molar refractivity (Wildman–Crippen MR) is 70.7 cm³/mol. The number of benzene rings is 1. The van der Waals surface area contributed by atoms with Crippen LogP contribution in [-0.2, 0) is 10.0 Å². The van der Waals surface area contributed by atoms with Crippen molar-refractivity contribution >= 4 is 10.0 Å². The van der Waals surface area contributed by atoms with Gasteiger partial charge in [0.1, 0.15) is 0 Å². The Kier molecular flexibility index (Phi) is 3.13. The van der Waals surface area contributed by atoms with Gasteiger partial charge in [-0.15, -0.1) is 0 Å². The molecule has 1 aliphatic heterocycles. The quantitative estimate of drug-likeness (QED) is 0.892. The summed E-state index contributed by atoms with van der Waals surface area (Å²) in [5, 5.41) is 3.17. The highest BCUT2D eigenvalue weighted by molar-refractivity contribution is 7.90. The van der Waals surface area contributed by atoms with Gasteiger partial charge in [0.25, 0.3) is 0 Å². The second kappa shape index (κ2) is 4.64. The summed E-state index contributed by atoms with van der Waals surface area (Å²) in [4.78, 5) is 0. The highest BCUT2D eigenvalue weighted by Gasteiger charge is 2.43. The molecule has 0 radical (unpaired) electrons. The summed E-state index contributed by atoms with van der Waals surface area (Å²) in [6.45, 7) is 2.03. The Labute approximate surface area is 108 Å². The molecule has 2 aliphatic rings. The number of hydrogen-bond acceptors (Lipinski definition) is 3. The zero-order chi connectivity index (χ0) is 12.6. The van der Waals surface area contributed by atoms with E-state index in [0.717, 1.165) is 24.9 Å². The van der Waals surface area contributed by atoms with Gasteiger partial charge >= 0.3 is 0 Å². The van der Waals surface area contributed by atoms with Crippen LogP contribution in [0, 0.1) is 0 Å². The van der Waals surface area contributed by atoms with E-state index < -0.39 is 10.0 Å². The zero-order valence-electron chi connectivity index (χ0n) is 10.2. The van der Waals surface area contributed by atoms with Crippen LogP contribution in [0.15, 0.2) is 30.3 Å². The molecular formula is C13H18N2O2S. The summed E-state index contributed by atoms with van der Waals surface area (Å²) in [6.07, 6.45) is 1.65. The van der Waals surface area contributed by atoms with Crippen molar-refractivity contribution in [2.75, 3.05) is 19.6 Å². The summed E-state index contributed by atoms with van der Waals surface area (Å²) in [6, 6.07) is 9.85. The molecule has 1 aromatic rings. The Morgan fingerprint density at radius 2 is 1.89 bits per heavy atom. The van der Waals surface area contributed by atoms with Crippen molar-refractivity contribution < 1.29 is 8.42 Å². The third kappa shape index (κ3) is 2.18. The lowest BCUT2D eigenvalue weighted by Crippen LogP contribution is -2.49. The molecule has 4 nitrogen and oxygen atoms in total. The van der Waals surface area contributed by atoms with Gasteiger partial charge in [0.05, 0.1) is 11.3 Å². The van der Waals surface area contributed by atoms with Crippen LogP contribution in [0.5, 0.6) is 0 Å². The van der Waals surface area contributed by atoms with Crippen LogP contribution in [0.2, 0.25) is 0 Å². The molecule has 98 valence electrons. The van der Waals surface area contributed by atoms with E-state index in [1.54, 1.807) is 4.31 Å². The van der Waals surface area contributed by atoms with Gasteiger partial charge in [-0.05, 0) is 18.4 Å². The summed E-state index contributed by atoms with van der Waals surface area (Å²) in [5.41, 5.74) is 1.08. The van der Waals surface area contributed by atoms with E-state index in [9.17, 15) is 8.42 Å². The van der Waals surface area contributed by atoms with Crippen molar-refractivity contribution in [2.45, 2.75) is 24.1 Å². The molecule has 3 rings (SSSR count). The Morgan fingerprint density at radius 1 is 1.17 bits per heavy atom. The highest BCUT2D eigenvalue weighted by atomic mass is 32.2. The molecule has 1 saturated heterocycles. The average Bonchev–Trinajstić information content (AvgIpc) is 3.24. The normalized spacial score (nSPS) is 26.1. The summed E-state index contributed by atoms with van der Waals surface area (Å²) >= 11 is 0. The van der Waals surface area contributed by atoms with Crippen molar-refractivity contribution in [2.24, 2.45) is 0 Å². The minimum absolute atomic E-state index is 0.0504. The Balaban J connectivity index is 1.91. The maximum absolute atomic E-state index is 12.4. The fraction of sp³-hybridized carbons (Fsp3) is 0.538. The van der Waals surface area contributed by atoms with Crippen molar-refractivity contribution in [1.82, 2.24) is 9.62 Å². The molecule has 1 N–H and O–H groups in total. The van der Waals surface area contributed by atoms with Crippen LogP contribution < -0.4 is 5.32 Å². The van der Waals surface area contributed by atoms with E-state index in [4.69, 9.17) is 0 Å². The molecule has 0 aromatic heterocycles. The molecule has 0 spiro atoms. The first-order chi connectivity index (χ1) is 8.69. The van der Waals surface area contributed by atoms with Gasteiger partial charge in [-0.2, -0.15) is 4.31 Å². The monoisotopic (exact) mass is 266 g/mol. The molecule has 1 unspecified atom stereocenters. The average molecular weight is 266 g/mol. The van der Waals surface area contributed by atoms with Crippen LogP contribution >= 0.6 is 0 Å². The molecule has 5 heteroatoms. The van der Waals surface area contributed by atoms with Gasteiger partial charge in [0.2, 0.25) is 10.0 Å². The van der Waals surface area contributed by atoms with E-state index in [2.05, 4.69) is 5.32 Å². The van der Waals surface area contributed by atoms with Crippen LogP contribution in [-0.4, -0.2) is 37.6 Å². The SMILES string of the molecule is O=S(=O)(C1CC1)N1CCNCC1c1ccccc1. The number of sulfonamides is 1. The van der Waals surface area contributed by atoms with Gasteiger partial charge in [0.15, 0.2) is 0 Å². The lowest BCUT2D eigenvalue weighted by Gasteiger charge is -2.35. The first-order valence-electron chi connectivity index (χ1n) is 6.46. The molecule has 1 saturated carbocycles. The Hall–Kier alpha value is -0.910. The van der Waals surface area contributed by atoms with E-state index in [-0.39, 0.29) is 11.3 Å². The lowest BCUT2D eigenvalue weighted by atomic mass is 10.1. The number of nitrogens with zero attached hydrogens (tertiary/aromatic N) is 1. The maximum atomic E-state index is 12.4. The minimum atomic E-state index is -3.09. The first kappa shape index (κ1) is 12.1. The summed E-state index contributed by atoms with van der Waals surface area (Å²) < 4.78 is 26.6. The first-order valence-corrected chi connectivity index (χ1v) is 7.96. The number of nitrogens with one attached hydrogen (secondary N) is 1. The molecule has 1 heterocycles. The van der Waals surface area contributed by atoms with Gasteiger partial charge in [-0.3, -0.25) is 0 Å². The standard InChI is InChI=1S/C13H18N2O2S/c16-18(17,12-6-7-12)15-9-8-14-10-13(15)11-4-2-1-3-5-11/h1-5,12-14H,6-10H2. The number of piperazine rings is 1. The minimum Gasteiger partial charge on any atom is -0.313 e. The van der Waals surface area contributed by atoms with E-state index in [1.807, 2.05) is 30.3 Å². The van der Waals surface area contributed by atoms with Crippen LogP contribution in [0.1, 0.15) is 24.4 Å². The molecule has 1 aliphatic carbocycles. The Bertz CT molecular complexity index is 511. The largest absolute Gasteiger partial charge is 0.313 e. The zero-order valence-corrected chi connectivity index (χ0v) is 11.1. The topological polar surface area (TPSA) is 49.4 Å². The lowest BCUT2D eigenvalue weighted by molar-refractivity contribution is 0.271. The molecule has 0 bridgehead atoms. The van der Waals surface area contributed by atoms with E-state index >= 15 is 0 Å². The van der Waals surface area contributed by atoms with Crippen molar-refractivity contribution in [3.63, 3.8) is 0 Å². The van der Waals surface area contributed by atoms with Crippen LogP contribution in [0.25, 0.3) is 0 Å². The van der Waals surface area contributed by atoms with Crippen molar-refractivity contribution in [3.05, 3.63) is 35.9 Å². The van der Waals surface area contributed by atoms with Gasteiger partial charge < -0.3 is 5.32 Å². The Morgan fingerprint density at radius 3 is 2.56 bits per heavy atom.